The topological polar surface area (TPSA) is 29.3 Å². The van der Waals surface area contributed by atoms with Crippen LogP contribution >= 0.6 is 0 Å². The van der Waals surface area contributed by atoms with E-state index in [1.165, 1.54) is 27.8 Å². The van der Waals surface area contributed by atoms with Gasteiger partial charge in [-0.2, -0.15) is 0 Å². The standard InChI is InChI=1S/C18H22N2.C2H6/c1-12-7-13(2)17-10-20(3)11-18(16(17)8-12)14-5-4-6-15(19)9-14;1-2/h4-9,18H,10-11,19H2,1-3H3;1-2H3. The molecule has 118 valence electrons. The number of nitrogen functional groups attached to an aromatic ring is 1. The molecule has 1 atom stereocenters. The van der Waals surface area contributed by atoms with Crippen LogP contribution in [0, 0.1) is 13.8 Å². The third-order valence-electron chi connectivity index (χ3n) is 4.26. The van der Waals surface area contributed by atoms with Gasteiger partial charge in [0, 0.05) is 24.7 Å². The van der Waals surface area contributed by atoms with E-state index in [-0.39, 0.29) is 0 Å². The molecular formula is C20H28N2. The number of likely N-dealkylation sites (N-methyl/N-ethyl adjacent to an activating group) is 1. The normalized spacial score (nSPS) is 17.4. The number of nitrogens with zero attached hydrogens (tertiary/aromatic N) is 1. The highest BCUT2D eigenvalue weighted by Gasteiger charge is 2.26. The van der Waals surface area contributed by atoms with E-state index < -0.39 is 0 Å². The van der Waals surface area contributed by atoms with E-state index in [1.807, 2.05) is 19.9 Å². The first-order chi connectivity index (χ1) is 10.5. The van der Waals surface area contributed by atoms with E-state index in [4.69, 9.17) is 5.73 Å². The summed E-state index contributed by atoms with van der Waals surface area (Å²) in [6, 6.07) is 13.0. The molecule has 0 radical (unpaired) electrons. The van der Waals surface area contributed by atoms with Gasteiger partial charge in [0.15, 0.2) is 0 Å². The summed E-state index contributed by atoms with van der Waals surface area (Å²) >= 11 is 0. The lowest BCUT2D eigenvalue weighted by Crippen LogP contribution is -2.31. The molecule has 1 aliphatic heterocycles. The van der Waals surface area contributed by atoms with Crippen molar-refractivity contribution in [3.63, 3.8) is 0 Å². The molecule has 0 amide bonds. The molecule has 1 aliphatic rings. The first-order valence-corrected chi connectivity index (χ1v) is 8.18. The zero-order chi connectivity index (χ0) is 16.3. The lowest BCUT2D eigenvalue weighted by atomic mass is 9.82. The fourth-order valence-electron chi connectivity index (χ4n) is 3.36. The van der Waals surface area contributed by atoms with Crippen LogP contribution in [0.25, 0.3) is 0 Å². The zero-order valence-electron chi connectivity index (χ0n) is 14.5. The maximum absolute atomic E-state index is 5.97. The molecule has 22 heavy (non-hydrogen) atoms. The van der Waals surface area contributed by atoms with Crippen LogP contribution in [0.3, 0.4) is 0 Å². The summed E-state index contributed by atoms with van der Waals surface area (Å²) < 4.78 is 0. The molecule has 2 N–H and O–H groups in total. The van der Waals surface area contributed by atoms with Gasteiger partial charge in [0.2, 0.25) is 0 Å². The number of anilines is 1. The Morgan fingerprint density at radius 1 is 1.09 bits per heavy atom. The Labute approximate surface area is 135 Å². The van der Waals surface area contributed by atoms with Gasteiger partial charge < -0.3 is 10.6 Å². The van der Waals surface area contributed by atoms with Gasteiger partial charge >= 0.3 is 0 Å². The number of nitrogens with two attached hydrogens (primary N) is 1. The minimum Gasteiger partial charge on any atom is -0.399 e. The van der Waals surface area contributed by atoms with Crippen LogP contribution in [-0.2, 0) is 6.54 Å². The summed E-state index contributed by atoms with van der Waals surface area (Å²) in [6.07, 6.45) is 0. The van der Waals surface area contributed by atoms with E-state index in [9.17, 15) is 0 Å². The summed E-state index contributed by atoms with van der Waals surface area (Å²) in [4.78, 5) is 2.40. The van der Waals surface area contributed by atoms with Crippen molar-refractivity contribution in [3.8, 4) is 0 Å². The molecule has 2 heteroatoms. The Morgan fingerprint density at radius 2 is 1.82 bits per heavy atom. The molecule has 0 aromatic heterocycles. The Balaban J connectivity index is 0.000000847. The van der Waals surface area contributed by atoms with E-state index in [0.717, 1.165) is 18.8 Å². The quantitative estimate of drug-likeness (QED) is 0.786. The van der Waals surface area contributed by atoms with Gasteiger partial charge in [0.1, 0.15) is 0 Å². The largest absolute Gasteiger partial charge is 0.399 e. The highest BCUT2D eigenvalue weighted by molar-refractivity contribution is 5.49. The molecule has 2 nitrogen and oxygen atoms in total. The molecule has 2 aromatic rings. The Morgan fingerprint density at radius 3 is 2.50 bits per heavy atom. The van der Waals surface area contributed by atoms with Gasteiger partial charge in [-0.1, -0.05) is 43.7 Å². The Bertz CT molecular complexity index is 646. The van der Waals surface area contributed by atoms with Crippen LogP contribution in [0.5, 0.6) is 0 Å². The average molecular weight is 296 g/mol. The fourth-order valence-corrected chi connectivity index (χ4v) is 3.36. The second kappa shape index (κ2) is 6.97. The van der Waals surface area contributed by atoms with E-state index in [0.29, 0.717) is 5.92 Å². The first-order valence-electron chi connectivity index (χ1n) is 8.18. The van der Waals surface area contributed by atoms with E-state index in [2.05, 4.69) is 56.1 Å². The maximum Gasteiger partial charge on any atom is 0.0316 e. The highest BCUT2D eigenvalue weighted by Crippen LogP contribution is 2.35. The van der Waals surface area contributed by atoms with Gasteiger partial charge in [0.05, 0.1) is 0 Å². The molecular weight excluding hydrogens is 268 g/mol. The Kier molecular flexibility index (Phi) is 5.25. The van der Waals surface area contributed by atoms with Crippen LogP contribution in [0.15, 0.2) is 36.4 Å². The fraction of sp³-hybridized carbons (Fsp3) is 0.400. The van der Waals surface area contributed by atoms with E-state index in [1.54, 1.807) is 0 Å². The molecule has 0 fully saturated rings. The minimum absolute atomic E-state index is 0.422. The highest BCUT2D eigenvalue weighted by atomic mass is 15.1. The maximum atomic E-state index is 5.97. The molecule has 2 aromatic carbocycles. The molecule has 1 unspecified atom stereocenters. The predicted octanol–water partition coefficient (Wildman–Crippen LogP) is 4.49. The van der Waals surface area contributed by atoms with Gasteiger partial charge in [0.25, 0.3) is 0 Å². The lowest BCUT2D eigenvalue weighted by Gasteiger charge is -2.34. The number of hydrogen-bond donors (Lipinski definition) is 1. The van der Waals surface area contributed by atoms with Crippen molar-refractivity contribution in [2.75, 3.05) is 19.3 Å². The number of rotatable bonds is 1. The Hall–Kier alpha value is -1.80. The molecule has 0 aliphatic carbocycles. The predicted molar refractivity (Wildman–Crippen MR) is 96.3 cm³/mol. The van der Waals surface area contributed by atoms with Crippen LogP contribution in [0.1, 0.15) is 47.6 Å². The zero-order valence-corrected chi connectivity index (χ0v) is 14.5. The van der Waals surface area contributed by atoms with Crippen molar-refractivity contribution >= 4 is 5.69 Å². The van der Waals surface area contributed by atoms with Crippen LogP contribution in [-0.4, -0.2) is 18.5 Å². The lowest BCUT2D eigenvalue weighted by molar-refractivity contribution is 0.294. The number of aryl methyl sites for hydroxylation is 2. The number of benzene rings is 2. The van der Waals surface area contributed by atoms with Crippen LogP contribution in [0.2, 0.25) is 0 Å². The van der Waals surface area contributed by atoms with Gasteiger partial charge in [-0.25, -0.2) is 0 Å². The van der Waals surface area contributed by atoms with E-state index >= 15 is 0 Å². The smallest absolute Gasteiger partial charge is 0.0316 e. The summed E-state index contributed by atoms with van der Waals surface area (Å²) in [5.74, 6) is 0.422. The molecule has 0 spiro atoms. The van der Waals surface area contributed by atoms with Crippen molar-refractivity contribution in [2.45, 2.75) is 40.2 Å². The van der Waals surface area contributed by atoms with Crippen LogP contribution < -0.4 is 5.73 Å². The summed E-state index contributed by atoms with van der Waals surface area (Å²) in [7, 11) is 2.20. The van der Waals surface area contributed by atoms with Gasteiger partial charge in [-0.3, -0.25) is 0 Å². The minimum atomic E-state index is 0.422. The first kappa shape index (κ1) is 16.6. The molecule has 0 saturated carbocycles. The molecule has 0 bridgehead atoms. The van der Waals surface area contributed by atoms with Gasteiger partial charge in [-0.05, 0) is 55.3 Å². The van der Waals surface area contributed by atoms with Crippen LogP contribution in [0.4, 0.5) is 5.69 Å². The molecule has 3 rings (SSSR count). The summed E-state index contributed by atoms with van der Waals surface area (Å²) in [6.45, 7) is 10.5. The van der Waals surface area contributed by atoms with Crippen molar-refractivity contribution in [3.05, 3.63) is 64.2 Å². The monoisotopic (exact) mass is 296 g/mol. The second-order valence-corrected chi connectivity index (χ2v) is 6.07. The molecule has 0 saturated heterocycles. The van der Waals surface area contributed by atoms with Crippen molar-refractivity contribution < 1.29 is 0 Å². The second-order valence-electron chi connectivity index (χ2n) is 6.07. The molecule has 1 heterocycles. The summed E-state index contributed by atoms with van der Waals surface area (Å²) in [5.41, 5.74) is 13.8. The van der Waals surface area contributed by atoms with Crippen molar-refractivity contribution in [1.82, 2.24) is 4.90 Å². The van der Waals surface area contributed by atoms with Gasteiger partial charge in [-0.15, -0.1) is 0 Å². The summed E-state index contributed by atoms with van der Waals surface area (Å²) in [5, 5.41) is 0. The average Bonchev–Trinajstić information content (AvgIpc) is 2.49. The SMILES string of the molecule is CC.Cc1cc(C)c2c(c1)C(c1cccc(N)c1)CN(C)C2. The third kappa shape index (κ3) is 3.33. The number of fused-ring (bicyclic) bond motifs is 1. The van der Waals surface area contributed by atoms with Crippen molar-refractivity contribution in [2.24, 2.45) is 0 Å². The number of hydrogen-bond acceptors (Lipinski definition) is 2. The third-order valence-corrected chi connectivity index (χ3v) is 4.26. The van der Waals surface area contributed by atoms with Crippen molar-refractivity contribution in [1.29, 1.82) is 0 Å².